The first-order valence-electron chi connectivity index (χ1n) is 11.5. The quantitative estimate of drug-likeness (QED) is 0.226. The Balaban J connectivity index is 3.82. The van der Waals surface area contributed by atoms with Gasteiger partial charge in [-0.2, -0.15) is 11.8 Å². The van der Waals surface area contributed by atoms with Gasteiger partial charge in [0.15, 0.2) is 0 Å². The molecule has 5 heteroatoms. The predicted molar refractivity (Wildman–Crippen MR) is 124 cm³/mol. The Morgan fingerprint density at radius 2 is 1.54 bits per heavy atom. The zero-order chi connectivity index (χ0) is 21.1. The Bertz CT molecular complexity index is 383. The number of hydrogen-bond donors (Lipinski definition) is 1. The van der Waals surface area contributed by atoms with Crippen molar-refractivity contribution >= 4 is 24.0 Å². The molecule has 0 aliphatic rings. The number of aldehydes is 1. The standard InChI is InChI=1S/C23H46N2O2S/c1-5-6-7-8-9-10-11-12-13-17-25(18-14-20-26)19-15-22(27)24-16-21-28-23(2,3)4/h20H,5-19,21H2,1-4H3,(H,24,27). The molecule has 0 unspecified atom stereocenters. The van der Waals surface area contributed by atoms with Crippen LogP contribution < -0.4 is 5.32 Å². The minimum atomic E-state index is 0.123. The van der Waals surface area contributed by atoms with Crippen LogP contribution >= 0.6 is 11.8 Å². The summed E-state index contributed by atoms with van der Waals surface area (Å²) in [4.78, 5) is 25.0. The molecule has 166 valence electrons. The maximum absolute atomic E-state index is 12.1. The van der Waals surface area contributed by atoms with Gasteiger partial charge in [0.25, 0.3) is 0 Å². The van der Waals surface area contributed by atoms with Gasteiger partial charge in [-0.25, -0.2) is 0 Å². The van der Waals surface area contributed by atoms with E-state index >= 15 is 0 Å². The van der Waals surface area contributed by atoms with E-state index in [1.165, 1.54) is 51.4 Å². The van der Waals surface area contributed by atoms with Gasteiger partial charge < -0.3 is 15.0 Å². The van der Waals surface area contributed by atoms with Crippen molar-refractivity contribution in [2.75, 3.05) is 31.9 Å². The fraction of sp³-hybridized carbons (Fsp3) is 0.913. The average molecular weight is 415 g/mol. The number of rotatable bonds is 19. The molecule has 0 atom stereocenters. The van der Waals surface area contributed by atoms with Crippen LogP contribution in [0, 0.1) is 0 Å². The molecule has 0 bridgehead atoms. The molecular weight excluding hydrogens is 368 g/mol. The van der Waals surface area contributed by atoms with Gasteiger partial charge in [0.05, 0.1) is 0 Å². The normalized spacial score (nSPS) is 11.8. The minimum Gasteiger partial charge on any atom is -0.355 e. The van der Waals surface area contributed by atoms with Gasteiger partial charge in [0.1, 0.15) is 6.29 Å². The van der Waals surface area contributed by atoms with Crippen molar-refractivity contribution < 1.29 is 9.59 Å². The number of thioether (sulfide) groups is 1. The third-order valence-corrected chi connectivity index (χ3v) is 6.03. The summed E-state index contributed by atoms with van der Waals surface area (Å²) in [7, 11) is 0. The lowest BCUT2D eigenvalue weighted by Gasteiger charge is -2.21. The molecular formula is C23H46N2O2S. The fourth-order valence-electron chi connectivity index (χ4n) is 3.11. The molecule has 0 aromatic rings. The first kappa shape index (κ1) is 27.5. The van der Waals surface area contributed by atoms with Gasteiger partial charge in [0.2, 0.25) is 5.91 Å². The van der Waals surface area contributed by atoms with E-state index in [4.69, 9.17) is 0 Å². The van der Waals surface area contributed by atoms with Gasteiger partial charge >= 0.3 is 0 Å². The van der Waals surface area contributed by atoms with Crippen LogP contribution in [0.1, 0.15) is 98.3 Å². The lowest BCUT2D eigenvalue weighted by Crippen LogP contribution is -2.33. The van der Waals surface area contributed by atoms with E-state index in [2.05, 4.69) is 37.9 Å². The number of nitrogens with zero attached hydrogens (tertiary/aromatic N) is 1. The van der Waals surface area contributed by atoms with E-state index in [9.17, 15) is 9.59 Å². The van der Waals surface area contributed by atoms with Crippen LogP contribution in [0.4, 0.5) is 0 Å². The maximum Gasteiger partial charge on any atom is 0.221 e. The van der Waals surface area contributed by atoms with Gasteiger partial charge in [0, 0.05) is 43.0 Å². The van der Waals surface area contributed by atoms with Crippen LogP contribution in [-0.4, -0.2) is 53.8 Å². The van der Waals surface area contributed by atoms with Crippen molar-refractivity contribution in [3.8, 4) is 0 Å². The Kier molecular flexibility index (Phi) is 18.1. The molecule has 0 saturated carbocycles. The largest absolute Gasteiger partial charge is 0.355 e. The Morgan fingerprint density at radius 3 is 2.11 bits per heavy atom. The van der Waals surface area contributed by atoms with E-state index in [0.29, 0.717) is 12.8 Å². The van der Waals surface area contributed by atoms with Crippen molar-refractivity contribution in [3.63, 3.8) is 0 Å². The SMILES string of the molecule is CCCCCCCCCCCN(CCC=O)CCC(=O)NCCSC(C)(C)C. The number of carbonyl (C=O) groups is 2. The Labute approximate surface area is 179 Å². The molecule has 0 fully saturated rings. The van der Waals surface area contributed by atoms with Crippen molar-refractivity contribution in [1.29, 1.82) is 0 Å². The Hall–Kier alpha value is -0.550. The van der Waals surface area contributed by atoms with E-state index in [-0.39, 0.29) is 10.7 Å². The fourth-order valence-corrected chi connectivity index (χ4v) is 3.93. The monoisotopic (exact) mass is 414 g/mol. The molecule has 0 aliphatic heterocycles. The molecule has 0 aromatic carbocycles. The van der Waals surface area contributed by atoms with Crippen LogP contribution in [0.15, 0.2) is 0 Å². The highest BCUT2D eigenvalue weighted by Gasteiger charge is 2.11. The van der Waals surface area contributed by atoms with E-state index in [1.807, 2.05) is 11.8 Å². The number of hydrogen-bond acceptors (Lipinski definition) is 4. The molecule has 1 amide bonds. The van der Waals surface area contributed by atoms with Crippen LogP contribution in [0.2, 0.25) is 0 Å². The third kappa shape index (κ3) is 20.2. The lowest BCUT2D eigenvalue weighted by molar-refractivity contribution is -0.121. The maximum atomic E-state index is 12.1. The average Bonchev–Trinajstić information content (AvgIpc) is 2.64. The lowest BCUT2D eigenvalue weighted by atomic mass is 10.1. The summed E-state index contributed by atoms with van der Waals surface area (Å²) in [6.07, 6.45) is 13.9. The first-order valence-corrected chi connectivity index (χ1v) is 12.4. The van der Waals surface area contributed by atoms with Crippen LogP contribution in [-0.2, 0) is 9.59 Å². The molecule has 0 heterocycles. The molecule has 0 aliphatic carbocycles. The summed E-state index contributed by atoms with van der Waals surface area (Å²) in [6, 6.07) is 0. The van der Waals surface area contributed by atoms with Crippen molar-refractivity contribution in [1.82, 2.24) is 10.2 Å². The summed E-state index contributed by atoms with van der Waals surface area (Å²) in [5.41, 5.74) is 0. The second kappa shape index (κ2) is 18.5. The van der Waals surface area contributed by atoms with Crippen LogP contribution in [0.5, 0.6) is 0 Å². The number of carbonyl (C=O) groups excluding carboxylic acids is 2. The predicted octanol–water partition coefficient (Wildman–Crippen LogP) is 5.45. The Morgan fingerprint density at radius 1 is 0.929 bits per heavy atom. The van der Waals surface area contributed by atoms with Crippen molar-refractivity contribution in [2.45, 2.75) is 103 Å². The number of nitrogens with one attached hydrogen (secondary N) is 1. The molecule has 0 spiro atoms. The highest BCUT2D eigenvalue weighted by atomic mass is 32.2. The molecule has 28 heavy (non-hydrogen) atoms. The molecule has 0 rings (SSSR count). The minimum absolute atomic E-state index is 0.123. The van der Waals surface area contributed by atoms with Gasteiger partial charge in [-0.3, -0.25) is 4.79 Å². The smallest absolute Gasteiger partial charge is 0.221 e. The van der Waals surface area contributed by atoms with Crippen LogP contribution in [0.25, 0.3) is 0 Å². The summed E-state index contributed by atoms with van der Waals surface area (Å²) >= 11 is 1.87. The van der Waals surface area contributed by atoms with E-state index in [0.717, 1.165) is 44.6 Å². The summed E-state index contributed by atoms with van der Waals surface area (Å²) in [6.45, 7) is 12.1. The highest BCUT2D eigenvalue weighted by molar-refractivity contribution is 8.00. The zero-order valence-electron chi connectivity index (χ0n) is 19.1. The van der Waals surface area contributed by atoms with Crippen molar-refractivity contribution in [2.24, 2.45) is 0 Å². The number of amides is 1. The molecule has 0 radical (unpaired) electrons. The topological polar surface area (TPSA) is 49.4 Å². The third-order valence-electron chi connectivity index (χ3n) is 4.76. The molecule has 0 saturated heterocycles. The van der Waals surface area contributed by atoms with Gasteiger partial charge in [-0.15, -0.1) is 0 Å². The highest BCUT2D eigenvalue weighted by Crippen LogP contribution is 2.22. The first-order chi connectivity index (χ1) is 13.4. The molecule has 4 nitrogen and oxygen atoms in total. The van der Waals surface area contributed by atoms with E-state index < -0.39 is 0 Å². The van der Waals surface area contributed by atoms with Crippen molar-refractivity contribution in [3.05, 3.63) is 0 Å². The zero-order valence-corrected chi connectivity index (χ0v) is 19.9. The summed E-state index contributed by atoms with van der Waals surface area (Å²) in [5, 5.41) is 3.02. The summed E-state index contributed by atoms with van der Waals surface area (Å²) < 4.78 is 0.242. The second-order valence-electron chi connectivity index (χ2n) is 8.69. The molecule has 1 N–H and O–H groups in total. The number of unbranched alkanes of at least 4 members (excludes halogenated alkanes) is 8. The van der Waals surface area contributed by atoms with Crippen LogP contribution in [0.3, 0.4) is 0 Å². The summed E-state index contributed by atoms with van der Waals surface area (Å²) in [5.74, 6) is 1.07. The van der Waals surface area contributed by atoms with Gasteiger partial charge in [-0.1, -0.05) is 79.1 Å². The second-order valence-corrected chi connectivity index (χ2v) is 10.6. The van der Waals surface area contributed by atoms with Gasteiger partial charge in [-0.05, 0) is 13.0 Å². The van der Waals surface area contributed by atoms with E-state index in [1.54, 1.807) is 0 Å². The molecule has 0 aromatic heterocycles.